The third-order valence-corrected chi connectivity index (χ3v) is 5.12. The molecule has 0 saturated heterocycles. The second kappa shape index (κ2) is 6.38. The monoisotopic (exact) mass is 367 g/mol. The van der Waals surface area contributed by atoms with Crippen LogP contribution in [0.15, 0.2) is 40.6 Å². The fraction of sp³-hybridized carbons (Fsp3) is 0.222. The van der Waals surface area contributed by atoms with Crippen LogP contribution in [-0.4, -0.2) is 31.4 Å². The number of carbonyl (C=O) groups is 1. The van der Waals surface area contributed by atoms with Crippen LogP contribution in [0.3, 0.4) is 0 Å². The van der Waals surface area contributed by atoms with Crippen LogP contribution in [0.25, 0.3) is 15.9 Å². The minimum Gasteiger partial charge on any atom is -0.349 e. The molecule has 8 heteroatoms. The molecule has 0 aliphatic rings. The Hall–Kier alpha value is -3.00. The van der Waals surface area contributed by atoms with Crippen molar-refractivity contribution in [2.24, 2.45) is 0 Å². The topological polar surface area (TPSA) is 81.3 Å². The molecular formula is C18H17N5O2S. The van der Waals surface area contributed by atoms with E-state index in [1.54, 1.807) is 22.0 Å². The lowest BCUT2D eigenvalue weighted by Crippen LogP contribution is -2.33. The van der Waals surface area contributed by atoms with E-state index < -0.39 is 0 Å². The summed E-state index contributed by atoms with van der Waals surface area (Å²) in [6.45, 7) is 4.31. The SMILES string of the molecule is Cc1nc2ccccn2c1C(=O)NCCn1c(C)nc2sccc2c1=O. The number of aromatic nitrogens is 4. The third kappa shape index (κ3) is 2.68. The predicted molar refractivity (Wildman–Crippen MR) is 101 cm³/mol. The second-order valence-corrected chi connectivity index (χ2v) is 6.88. The molecule has 4 heterocycles. The lowest BCUT2D eigenvalue weighted by molar-refractivity contribution is 0.0945. The number of carbonyl (C=O) groups excluding carboxylic acids is 1. The zero-order valence-corrected chi connectivity index (χ0v) is 15.2. The molecule has 4 aromatic rings. The largest absolute Gasteiger partial charge is 0.349 e. The zero-order valence-electron chi connectivity index (χ0n) is 14.4. The van der Waals surface area contributed by atoms with Gasteiger partial charge in [-0.3, -0.25) is 18.6 Å². The summed E-state index contributed by atoms with van der Waals surface area (Å²) in [5.74, 6) is 0.432. The number of rotatable bonds is 4. The van der Waals surface area contributed by atoms with E-state index in [0.29, 0.717) is 35.7 Å². The Bertz CT molecular complexity index is 1190. The van der Waals surface area contributed by atoms with E-state index in [0.717, 1.165) is 10.5 Å². The van der Waals surface area contributed by atoms with Crippen molar-refractivity contribution in [3.63, 3.8) is 0 Å². The zero-order chi connectivity index (χ0) is 18.3. The summed E-state index contributed by atoms with van der Waals surface area (Å²) in [5.41, 5.74) is 1.84. The Morgan fingerprint density at radius 1 is 1.23 bits per heavy atom. The number of pyridine rings is 1. The Morgan fingerprint density at radius 2 is 2.08 bits per heavy atom. The van der Waals surface area contributed by atoms with E-state index in [4.69, 9.17) is 0 Å². The molecule has 7 nitrogen and oxygen atoms in total. The van der Waals surface area contributed by atoms with Crippen molar-refractivity contribution in [1.82, 2.24) is 24.3 Å². The highest BCUT2D eigenvalue weighted by atomic mass is 32.1. The van der Waals surface area contributed by atoms with E-state index in [1.165, 1.54) is 11.3 Å². The van der Waals surface area contributed by atoms with Gasteiger partial charge in [-0.2, -0.15) is 0 Å². The van der Waals surface area contributed by atoms with Crippen molar-refractivity contribution in [1.29, 1.82) is 0 Å². The van der Waals surface area contributed by atoms with Gasteiger partial charge >= 0.3 is 0 Å². The van der Waals surface area contributed by atoms with Crippen LogP contribution in [0.5, 0.6) is 0 Å². The van der Waals surface area contributed by atoms with Crippen molar-refractivity contribution in [2.45, 2.75) is 20.4 Å². The Morgan fingerprint density at radius 3 is 2.92 bits per heavy atom. The fourth-order valence-corrected chi connectivity index (χ4v) is 3.87. The average molecular weight is 367 g/mol. The molecule has 0 spiro atoms. The first-order valence-corrected chi connectivity index (χ1v) is 9.11. The van der Waals surface area contributed by atoms with Crippen LogP contribution in [0, 0.1) is 13.8 Å². The smallest absolute Gasteiger partial charge is 0.270 e. The van der Waals surface area contributed by atoms with Crippen LogP contribution in [0.2, 0.25) is 0 Å². The van der Waals surface area contributed by atoms with Gasteiger partial charge in [0.2, 0.25) is 0 Å². The quantitative estimate of drug-likeness (QED) is 0.599. The first-order valence-electron chi connectivity index (χ1n) is 8.23. The van der Waals surface area contributed by atoms with E-state index >= 15 is 0 Å². The molecule has 132 valence electrons. The van der Waals surface area contributed by atoms with E-state index in [1.807, 2.05) is 36.7 Å². The number of imidazole rings is 1. The fourth-order valence-electron chi connectivity index (χ4n) is 3.07. The summed E-state index contributed by atoms with van der Waals surface area (Å²) >= 11 is 1.45. The van der Waals surface area contributed by atoms with Crippen LogP contribution in [0.1, 0.15) is 22.0 Å². The van der Waals surface area contributed by atoms with Crippen molar-refractivity contribution < 1.29 is 4.79 Å². The lowest BCUT2D eigenvalue weighted by Gasteiger charge is -2.10. The molecule has 0 saturated carbocycles. The molecule has 4 rings (SSSR count). The highest BCUT2D eigenvalue weighted by Crippen LogP contribution is 2.15. The molecule has 0 unspecified atom stereocenters. The number of hydrogen-bond donors (Lipinski definition) is 1. The Kier molecular flexibility index (Phi) is 4.04. The van der Waals surface area contributed by atoms with Crippen LogP contribution >= 0.6 is 11.3 Å². The highest BCUT2D eigenvalue weighted by molar-refractivity contribution is 7.16. The number of nitrogens with one attached hydrogen (secondary N) is 1. The van der Waals surface area contributed by atoms with Gasteiger partial charge in [0, 0.05) is 19.3 Å². The summed E-state index contributed by atoms with van der Waals surface area (Å²) < 4.78 is 3.36. The third-order valence-electron chi connectivity index (χ3n) is 4.31. The molecule has 1 amide bonds. The van der Waals surface area contributed by atoms with Crippen LogP contribution in [0.4, 0.5) is 0 Å². The van der Waals surface area contributed by atoms with Gasteiger partial charge < -0.3 is 5.32 Å². The summed E-state index contributed by atoms with van der Waals surface area (Å²) in [6.07, 6.45) is 1.81. The lowest BCUT2D eigenvalue weighted by atomic mass is 10.3. The van der Waals surface area contributed by atoms with Gasteiger partial charge in [0.15, 0.2) is 0 Å². The average Bonchev–Trinajstić information content (AvgIpc) is 3.20. The molecule has 0 radical (unpaired) electrons. The molecule has 0 aliphatic heterocycles. The summed E-state index contributed by atoms with van der Waals surface area (Å²) in [5, 5.41) is 5.35. The van der Waals surface area contributed by atoms with Gasteiger partial charge in [0.05, 0.1) is 11.1 Å². The molecule has 0 aliphatic carbocycles. The molecule has 1 N–H and O–H groups in total. The predicted octanol–water partition coefficient (Wildman–Crippen LogP) is 2.15. The van der Waals surface area contributed by atoms with Crippen LogP contribution in [-0.2, 0) is 6.54 Å². The first-order chi connectivity index (χ1) is 12.6. The van der Waals surface area contributed by atoms with Crippen molar-refractivity contribution in [3.8, 4) is 0 Å². The number of nitrogens with zero attached hydrogens (tertiary/aromatic N) is 4. The number of fused-ring (bicyclic) bond motifs is 2. The number of aryl methyl sites for hydroxylation is 2. The summed E-state index contributed by atoms with van der Waals surface area (Å²) in [7, 11) is 0. The number of amides is 1. The molecule has 0 atom stereocenters. The van der Waals surface area contributed by atoms with E-state index in [2.05, 4.69) is 15.3 Å². The van der Waals surface area contributed by atoms with Gasteiger partial charge in [0.1, 0.15) is 22.0 Å². The summed E-state index contributed by atoms with van der Waals surface area (Å²) in [6, 6.07) is 7.38. The minimum atomic E-state index is -0.212. The van der Waals surface area contributed by atoms with E-state index in [9.17, 15) is 9.59 Å². The van der Waals surface area contributed by atoms with Gasteiger partial charge in [-0.1, -0.05) is 6.07 Å². The number of hydrogen-bond acceptors (Lipinski definition) is 5. The minimum absolute atomic E-state index is 0.0750. The van der Waals surface area contributed by atoms with Gasteiger partial charge in [-0.15, -0.1) is 11.3 Å². The molecule has 0 aromatic carbocycles. The second-order valence-electron chi connectivity index (χ2n) is 5.99. The molecule has 26 heavy (non-hydrogen) atoms. The van der Waals surface area contributed by atoms with Gasteiger partial charge in [0.25, 0.3) is 11.5 Å². The van der Waals surface area contributed by atoms with Crippen molar-refractivity contribution in [3.05, 3.63) is 63.4 Å². The van der Waals surface area contributed by atoms with Crippen molar-refractivity contribution in [2.75, 3.05) is 6.54 Å². The maximum Gasteiger partial charge on any atom is 0.270 e. The summed E-state index contributed by atoms with van der Waals surface area (Å²) in [4.78, 5) is 34.7. The first kappa shape index (κ1) is 16.5. The van der Waals surface area contributed by atoms with Crippen molar-refractivity contribution >= 4 is 33.1 Å². The number of thiophene rings is 1. The van der Waals surface area contributed by atoms with Crippen LogP contribution < -0.4 is 10.9 Å². The maximum absolute atomic E-state index is 12.6. The van der Waals surface area contributed by atoms with Gasteiger partial charge in [-0.05, 0) is 37.4 Å². The molecule has 0 fully saturated rings. The molecule has 0 bridgehead atoms. The Labute approximate surface area is 152 Å². The molecule has 4 aromatic heterocycles. The Balaban J connectivity index is 1.54. The normalized spacial score (nSPS) is 11.3. The van der Waals surface area contributed by atoms with Gasteiger partial charge in [-0.25, -0.2) is 9.97 Å². The van der Waals surface area contributed by atoms with E-state index in [-0.39, 0.29) is 11.5 Å². The highest BCUT2D eigenvalue weighted by Gasteiger charge is 2.16. The molecular weight excluding hydrogens is 350 g/mol. The maximum atomic E-state index is 12.6. The standard InChI is InChI=1S/C18H17N5O2S/c1-11-15(23-8-4-3-5-14(23)20-11)16(24)19-7-9-22-12(2)21-17-13(18(22)25)6-10-26-17/h3-6,8,10H,7,9H2,1-2H3,(H,19,24).